The number of hydrogen-bond donors (Lipinski definition) is 2. The monoisotopic (exact) mass is 256 g/mol. The summed E-state index contributed by atoms with van der Waals surface area (Å²) < 4.78 is 35.6. The van der Waals surface area contributed by atoms with Gasteiger partial charge in [0.25, 0.3) is 0 Å². The first-order valence-electron chi connectivity index (χ1n) is 5.19. The molecule has 4 nitrogen and oxygen atoms in total. The maximum Gasteiger partial charge on any atom is 0.405 e. The minimum atomic E-state index is -4.41. The molecular weight excluding hydrogens is 237 g/mol. The zero-order valence-electron chi connectivity index (χ0n) is 10.4. The summed E-state index contributed by atoms with van der Waals surface area (Å²) in [7, 11) is 1.57. The molecule has 0 heterocycles. The third-order valence-corrected chi connectivity index (χ3v) is 2.14. The molecule has 0 saturated heterocycles. The molecule has 0 aromatic heterocycles. The van der Waals surface area contributed by atoms with Crippen LogP contribution in [0.5, 0.6) is 0 Å². The van der Waals surface area contributed by atoms with E-state index in [-0.39, 0.29) is 6.54 Å². The number of halogens is 3. The second-order valence-electron chi connectivity index (χ2n) is 4.74. The Balaban J connectivity index is 4.22. The van der Waals surface area contributed by atoms with Crippen LogP contribution in [0, 0.1) is 0 Å². The van der Waals surface area contributed by atoms with E-state index in [0.29, 0.717) is 0 Å². The third kappa shape index (κ3) is 7.98. The van der Waals surface area contributed by atoms with Crippen LogP contribution in [0.2, 0.25) is 0 Å². The number of aliphatic hydroxyl groups is 1. The highest BCUT2D eigenvalue weighted by Gasteiger charge is 2.30. The summed E-state index contributed by atoms with van der Waals surface area (Å²) in [4.78, 5) is 12.9. The number of hydrogen-bond acceptors (Lipinski definition) is 3. The smallest absolute Gasteiger partial charge is 0.389 e. The van der Waals surface area contributed by atoms with Crippen LogP contribution in [0.3, 0.4) is 0 Å². The summed E-state index contributed by atoms with van der Waals surface area (Å²) in [5.74, 6) is -0.714. The first-order chi connectivity index (χ1) is 7.42. The van der Waals surface area contributed by atoms with Gasteiger partial charge in [-0.2, -0.15) is 13.2 Å². The van der Waals surface area contributed by atoms with Crippen molar-refractivity contribution in [2.24, 2.45) is 0 Å². The first kappa shape index (κ1) is 16.2. The van der Waals surface area contributed by atoms with Gasteiger partial charge in [-0.3, -0.25) is 9.69 Å². The van der Waals surface area contributed by atoms with Gasteiger partial charge in [-0.05, 0) is 27.8 Å². The Morgan fingerprint density at radius 2 is 1.88 bits per heavy atom. The minimum absolute atomic E-state index is 0.188. The van der Waals surface area contributed by atoms with E-state index in [1.165, 1.54) is 11.8 Å². The molecular formula is C10H19F3N2O2. The highest BCUT2D eigenvalue weighted by Crippen LogP contribution is 2.12. The van der Waals surface area contributed by atoms with Gasteiger partial charge in [0.2, 0.25) is 5.91 Å². The summed E-state index contributed by atoms with van der Waals surface area (Å²) in [5.41, 5.74) is -1.01. The lowest BCUT2D eigenvalue weighted by atomic mass is 10.1. The van der Waals surface area contributed by atoms with Crippen LogP contribution in [0.4, 0.5) is 13.2 Å². The Bertz CT molecular complexity index is 261. The Morgan fingerprint density at radius 1 is 1.41 bits per heavy atom. The predicted molar refractivity (Wildman–Crippen MR) is 57.5 cm³/mol. The number of likely N-dealkylation sites (N-methyl/N-ethyl adjacent to an activating group) is 1. The van der Waals surface area contributed by atoms with E-state index in [1.807, 2.05) is 0 Å². The van der Waals surface area contributed by atoms with Crippen LogP contribution in [-0.2, 0) is 4.79 Å². The molecule has 1 unspecified atom stereocenters. The summed E-state index contributed by atoms with van der Waals surface area (Å²) in [6, 6.07) is -0.733. The normalized spacial score (nSPS) is 14.9. The van der Waals surface area contributed by atoms with Gasteiger partial charge in [0.15, 0.2) is 0 Å². The molecule has 0 aromatic rings. The van der Waals surface area contributed by atoms with Crippen molar-refractivity contribution in [3.05, 3.63) is 0 Å². The summed E-state index contributed by atoms with van der Waals surface area (Å²) in [6.45, 7) is 3.45. The van der Waals surface area contributed by atoms with Crippen molar-refractivity contribution in [3.63, 3.8) is 0 Å². The average Bonchev–Trinajstić information content (AvgIpc) is 2.08. The molecule has 0 spiro atoms. The highest BCUT2D eigenvalue weighted by atomic mass is 19.4. The lowest BCUT2D eigenvalue weighted by molar-refractivity contribution is -0.141. The van der Waals surface area contributed by atoms with E-state index in [4.69, 9.17) is 0 Å². The van der Waals surface area contributed by atoms with E-state index in [2.05, 4.69) is 0 Å². The second-order valence-corrected chi connectivity index (χ2v) is 4.74. The molecule has 0 rings (SSSR count). The van der Waals surface area contributed by atoms with Gasteiger partial charge in [-0.15, -0.1) is 0 Å². The van der Waals surface area contributed by atoms with Crippen molar-refractivity contribution in [2.45, 2.75) is 38.6 Å². The number of carbonyl (C=O) groups excluding carboxylic acids is 1. The quantitative estimate of drug-likeness (QED) is 0.763. The highest BCUT2D eigenvalue weighted by molar-refractivity contribution is 5.81. The first-order valence-corrected chi connectivity index (χ1v) is 5.19. The molecule has 0 aliphatic carbocycles. The fraction of sp³-hybridized carbons (Fsp3) is 0.900. The van der Waals surface area contributed by atoms with Crippen LogP contribution < -0.4 is 5.32 Å². The molecule has 17 heavy (non-hydrogen) atoms. The van der Waals surface area contributed by atoms with Crippen LogP contribution >= 0.6 is 0 Å². The second kappa shape index (κ2) is 5.68. The van der Waals surface area contributed by atoms with Crippen LogP contribution in [0.1, 0.15) is 20.8 Å². The van der Waals surface area contributed by atoms with Gasteiger partial charge in [0, 0.05) is 6.54 Å². The molecule has 0 aliphatic rings. The van der Waals surface area contributed by atoms with E-state index < -0.39 is 30.3 Å². The van der Waals surface area contributed by atoms with Gasteiger partial charge in [0.05, 0.1) is 11.6 Å². The SMILES string of the molecule is CC(C(=O)NCC(F)(F)F)N(C)CC(C)(C)O. The summed E-state index contributed by atoms with van der Waals surface area (Å²) >= 11 is 0. The van der Waals surface area contributed by atoms with Gasteiger partial charge in [0.1, 0.15) is 6.54 Å². The third-order valence-electron chi connectivity index (χ3n) is 2.14. The van der Waals surface area contributed by atoms with Crippen molar-refractivity contribution in [2.75, 3.05) is 20.1 Å². The standard InChI is InChI=1S/C10H19F3N2O2/c1-7(15(4)6-9(2,3)17)8(16)14-5-10(11,12)13/h7,17H,5-6H2,1-4H3,(H,14,16). The van der Waals surface area contributed by atoms with Gasteiger partial charge >= 0.3 is 6.18 Å². The van der Waals surface area contributed by atoms with E-state index in [0.717, 1.165) is 0 Å². The van der Waals surface area contributed by atoms with Crippen molar-refractivity contribution < 1.29 is 23.1 Å². The van der Waals surface area contributed by atoms with Gasteiger partial charge < -0.3 is 10.4 Å². The molecule has 1 atom stereocenters. The van der Waals surface area contributed by atoms with Crippen molar-refractivity contribution >= 4 is 5.91 Å². The molecule has 0 aliphatic heterocycles. The van der Waals surface area contributed by atoms with Crippen LogP contribution in [-0.4, -0.2) is 53.9 Å². The fourth-order valence-electron chi connectivity index (χ4n) is 1.28. The summed E-state index contributed by atoms with van der Waals surface area (Å²) in [5, 5.41) is 11.3. The number of alkyl halides is 3. The van der Waals surface area contributed by atoms with Crippen molar-refractivity contribution in [1.29, 1.82) is 0 Å². The minimum Gasteiger partial charge on any atom is -0.389 e. The molecule has 1 amide bonds. The maximum absolute atomic E-state index is 11.9. The molecule has 2 N–H and O–H groups in total. The molecule has 0 radical (unpaired) electrons. The molecule has 102 valence electrons. The number of carbonyl (C=O) groups is 1. The Kier molecular flexibility index (Phi) is 5.41. The van der Waals surface area contributed by atoms with Gasteiger partial charge in [-0.1, -0.05) is 0 Å². The summed E-state index contributed by atoms with van der Waals surface area (Å²) in [6.07, 6.45) is -4.41. The molecule has 0 aromatic carbocycles. The zero-order valence-corrected chi connectivity index (χ0v) is 10.4. The Hall–Kier alpha value is -0.820. The van der Waals surface area contributed by atoms with E-state index >= 15 is 0 Å². The Labute approximate surface area is 98.8 Å². The number of nitrogens with zero attached hydrogens (tertiary/aromatic N) is 1. The zero-order chi connectivity index (χ0) is 13.9. The Morgan fingerprint density at radius 3 is 2.24 bits per heavy atom. The number of nitrogens with one attached hydrogen (secondary N) is 1. The van der Waals surface area contributed by atoms with Gasteiger partial charge in [-0.25, -0.2) is 0 Å². The largest absolute Gasteiger partial charge is 0.405 e. The topological polar surface area (TPSA) is 52.6 Å². The lowest BCUT2D eigenvalue weighted by Crippen LogP contribution is -2.49. The molecule has 0 fully saturated rings. The lowest BCUT2D eigenvalue weighted by Gasteiger charge is -2.29. The predicted octanol–water partition coefficient (Wildman–Crippen LogP) is 0.756. The number of amides is 1. The van der Waals surface area contributed by atoms with Crippen molar-refractivity contribution in [3.8, 4) is 0 Å². The van der Waals surface area contributed by atoms with Crippen LogP contribution in [0.15, 0.2) is 0 Å². The molecule has 0 saturated carbocycles. The fourth-order valence-corrected chi connectivity index (χ4v) is 1.28. The van der Waals surface area contributed by atoms with E-state index in [1.54, 1.807) is 26.2 Å². The van der Waals surface area contributed by atoms with Crippen molar-refractivity contribution in [1.82, 2.24) is 10.2 Å². The maximum atomic E-state index is 11.9. The average molecular weight is 256 g/mol. The molecule has 7 heteroatoms. The number of rotatable bonds is 5. The molecule has 0 bridgehead atoms. The van der Waals surface area contributed by atoms with Crippen LogP contribution in [0.25, 0.3) is 0 Å². The van der Waals surface area contributed by atoms with E-state index in [9.17, 15) is 23.1 Å².